The highest BCUT2D eigenvalue weighted by Gasteiger charge is 2.44. The summed E-state index contributed by atoms with van der Waals surface area (Å²) in [7, 11) is 1.97. The van der Waals surface area contributed by atoms with Crippen LogP contribution >= 0.6 is 15.9 Å². The van der Waals surface area contributed by atoms with Crippen LogP contribution in [0.25, 0.3) is 0 Å². The fourth-order valence-electron chi connectivity index (χ4n) is 2.57. The molecule has 1 heterocycles. The van der Waals surface area contributed by atoms with E-state index < -0.39 is 51.3 Å². The molecule has 0 amide bonds. The Kier molecular flexibility index (Phi) is 6.70. The standard InChI is InChI=1S/C18H12BrF6NO4/c1-29-15(27)9-5-3-4-6-26(14(9)16(28)30-2)13-8-11(18(23,24)25)10(7-12(13)19)17(20,21)22/h3-8H,1-2H3. The van der Waals surface area contributed by atoms with Crippen LogP contribution in [0.4, 0.5) is 32.0 Å². The molecular formula is C18H12BrF6NO4. The third kappa shape index (κ3) is 4.69. The van der Waals surface area contributed by atoms with Gasteiger partial charge in [-0.05, 0) is 40.2 Å². The summed E-state index contributed by atoms with van der Waals surface area (Å²) in [5.41, 5.74) is -5.31. The number of rotatable bonds is 3. The molecule has 0 aromatic heterocycles. The second-order valence-corrected chi connectivity index (χ2v) is 6.52. The Bertz CT molecular complexity index is 963. The van der Waals surface area contributed by atoms with E-state index in [9.17, 15) is 35.9 Å². The number of anilines is 1. The van der Waals surface area contributed by atoms with E-state index in [-0.39, 0.29) is 17.7 Å². The number of carbonyl (C=O) groups is 2. The topological polar surface area (TPSA) is 55.8 Å². The Morgan fingerprint density at radius 2 is 1.43 bits per heavy atom. The third-order valence-corrected chi connectivity index (χ3v) is 4.48. The van der Waals surface area contributed by atoms with E-state index in [1.807, 2.05) is 0 Å². The lowest BCUT2D eigenvalue weighted by atomic mass is 10.0. The molecule has 0 saturated carbocycles. The normalized spacial score (nSPS) is 14.6. The number of ether oxygens (including phenoxy) is 2. The Morgan fingerprint density at radius 1 is 0.900 bits per heavy atom. The average molecular weight is 500 g/mol. The molecule has 0 atom stereocenters. The van der Waals surface area contributed by atoms with Gasteiger partial charge < -0.3 is 14.4 Å². The van der Waals surface area contributed by atoms with Crippen LogP contribution in [0.5, 0.6) is 0 Å². The molecule has 0 spiro atoms. The molecule has 2 rings (SSSR count). The minimum atomic E-state index is -5.35. The van der Waals surface area contributed by atoms with Crippen molar-refractivity contribution in [3.8, 4) is 0 Å². The largest absolute Gasteiger partial charge is 0.465 e. The number of esters is 2. The van der Waals surface area contributed by atoms with Gasteiger partial charge in [-0.15, -0.1) is 0 Å². The molecule has 0 N–H and O–H groups in total. The van der Waals surface area contributed by atoms with Gasteiger partial charge in [0.05, 0.1) is 36.6 Å². The van der Waals surface area contributed by atoms with Gasteiger partial charge in [-0.1, -0.05) is 6.08 Å². The van der Waals surface area contributed by atoms with Crippen molar-refractivity contribution in [2.24, 2.45) is 0 Å². The van der Waals surface area contributed by atoms with Gasteiger partial charge in [0.2, 0.25) is 0 Å². The molecular weight excluding hydrogens is 488 g/mol. The average Bonchev–Trinajstić information content (AvgIpc) is 2.87. The quantitative estimate of drug-likeness (QED) is 0.433. The van der Waals surface area contributed by atoms with Crippen molar-refractivity contribution in [1.82, 2.24) is 0 Å². The minimum Gasteiger partial charge on any atom is -0.465 e. The first-order valence-corrected chi connectivity index (χ1v) is 8.65. The van der Waals surface area contributed by atoms with Crippen molar-refractivity contribution in [2.45, 2.75) is 12.4 Å². The molecule has 0 radical (unpaired) electrons. The lowest BCUT2D eigenvalue weighted by Gasteiger charge is -2.26. The molecule has 0 unspecified atom stereocenters. The van der Waals surface area contributed by atoms with Crippen molar-refractivity contribution < 1.29 is 45.4 Å². The summed E-state index contributed by atoms with van der Waals surface area (Å²) in [5, 5.41) is 0. The SMILES string of the molecule is COC(=O)C1=C(C(=O)OC)N(c2cc(C(F)(F)F)c(C(F)(F)F)cc2Br)C=CC=C1. The van der Waals surface area contributed by atoms with E-state index in [1.165, 1.54) is 12.2 Å². The maximum atomic E-state index is 13.4. The number of methoxy groups -OCH3 is 2. The Labute approximate surface area is 174 Å². The molecule has 1 aliphatic rings. The van der Waals surface area contributed by atoms with Crippen LogP contribution in [0.3, 0.4) is 0 Å². The van der Waals surface area contributed by atoms with E-state index >= 15 is 0 Å². The van der Waals surface area contributed by atoms with Gasteiger partial charge in [-0.25, -0.2) is 9.59 Å². The number of allylic oxidation sites excluding steroid dienone is 2. The minimum absolute atomic E-state index is 0.223. The summed E-state index contributed by atoms with van der Waals surface area (Å²) in [6.07, 6.45) is -5.85. The van der Waals surface area contributed by atoms with Gasteiger partial charge in [-0.2, -0.15) is 26.3 Å². The molecule has 0 saturated heterocycles. The van der Waals surface area contributed by atoms with Crippen molar-refractivity contribution in [1.29, 1.82) is 0 Å². The molecule has 162 valence electrons. The van der Waals surface area contributed by atoms with E-state index in [4.69, 9.17) is 0 Å². The van der Waals surface area contributed by atoms with Gasteiger partial charge >= 0.3 is 24.3 Å². The summed E-state index contributed by atoms with van der Waals surface area (Å²) in [6.45, 7) is 0. The Hall–Kier alpha value is -2.76. The van der Waals surface area contributed by atoms with Gasteiger partial charge in [0.15, 0.2) is 0 Å². The van der Waals surface area contributed by atoms with Crippen LogP contribution < -0.4 is 4.90 Å². The lowest BCUT2D eigenvalue weighted by Crippen LogP contribution is -2.28. The molecule has 12 heteroatoms. The fourth-order valence-corrected chi connectivity index (χ4v) is 3.10. The predicted molar refractivity (Wildman–Crippen MR) is 96.0 cm³/mol. The third-order valence-electron chi connectivity index (χ3n) is 3.85. The van der Waals surface area contributed by atoms with Crippen LogP contribution in [-0.2, 0) is 31.4 Å². The first kappa shape index (κ1) is 23.5. The van der Waals surface area contributed by atoms with E-state index in [1.54, 1.807) is 0 Å². The molecule has 1 aromatic carbocycles. The van der Waals surface area contributed by atoms with Gasteiger partial charge in [0.25, 0.3) is 0 Å². The van der Waals surface area contributed by atoms with Crippen molar-refractivity contribution in [3.05, 3.63) is 63.4 Å². The smallest absolute Gasteiger partial charge is 0.417 e. The first-order chi connectivity index (χ1) is 13.8. The van der Waals surface area contributed by atoms with Gasteiger partial charge in [-0.3, -0.25) is 0 Å². The highest BCUT2D eigenvalue weighted by molar-refractivity contribution is 9.10. The predicted octanol–water partition coefficient (Wildman–Crippen LogP) is 4.98. The van der Waals surface area contributed by atoms with Gasteiger partial charge in [0.1, 0.15) is 5.70 Å². The summed E-state index contributed by atoms with van der Waals surface area (Å²) in [5.74, 6) is -2.15. The fraction of sp³-hybridized carbons (Fsp3) is 0.222. The second-order valence-electron chi connectivity index (χ2n) is 5.66. The monoisotopic (exact) mass is 499 g/mol. The van der Waals surface area contributed by atoms with E-state index in [2.05, 4.69) is 25.4 Å². The molecule has 0 bridgehead atoms. The summed E-state index contributed by atoms with van der Waals surface area (Å²) in [4.78, 5) is 25.2. The highest BCUT2D eigenvalue weighted by atomic mass is 79.9. The number of benzene rings is 1. The molecule has 1 aliphatic heterocycles. The number of halogens is 7. The molecule has 1 aromatic rings. The molecule has 0 aliphatic carbocycles. The van der Waals surface area contributed by atoms with Crippen LogP contribution in [0.15, 0.2) is 52.3 Å². The highest BCUT2D eigenvalue weighted by Crippen LogP contribution is 2.45. The maximum absolute atomic E-state index is 13.4. The zero-order valence-electron chi connectivity index (χ0n) is 15.2. The lowest BCUT2D eigenvalue weighted by molar-refractivity contribution is -0.162. The summed E-state index contributed by atoms with van der Waals surface area (Å²) in [6, 6.07) is 0.470. The second kappa shape index (κ2) is 8.54. The number of alkyl halides is 6. The zero-order valence-corrected chi connectivity index (χ0v) is 16.8. The number of hydrogen-bond donors (Lipinski definition) is 0. The molecule has 5 nitrogen and oxygen atoms in total. The van der Waals surface area contributed by atoms with Crippen molar-refractivity contribution in [2.75, 3.05) is 19.1 Å². The van der Waals surface area contributed by atoms with Crippen molar-refractivity contribution >= 4 is 33.6 Å². The van der Waals surface area contributed by atoms with E-state index in [0.29, 0.717) is 0 Å². The van der Waals surface area contributed by atoms with Gasteiger partial charge in [0, 0.05) is 10.7 Å². The summed E-state index contributed by atoms with van der Waals surface area (Å²) >= 11 is 2.82. The van der Waals surface area contributed by atoms with Crippen LogP contribution in [-0.4, -0.2) is 26.2 Å². The number of nitrogens with zero attached hydrogens (tertiary/aromatic N) is 1. The molecule has 0 fully saturated rings. The zero-order chi connectivity index (χ0) is 22.9. The van der Waals surface area contributed by atoms with Crippen LogP contribution in [0.1, 0.15) is 11.1 Å². The molecule has 30 heavy (non-hydrogen) atoms. The van der Waals surface area contributed by atoms with Crippen LogP contribution in [0, 0.1) is 0 Å². The number of hydrogen-bond acceptors (Lipinski definition) is 5. The Balaban J connectivity index is 2.86. The van der Waals surface area contributed by atoms with Crippen LogP contribution in [0.2, 0.25) is 0 Å². The summed E-state index contributed by atoms with van der Waals surface area (Å²) < 4.78 is 88.4. The number of carbonyl (C=O) groups excluding carboxylic acids is 2. The first-order valence-electron chi connectivity index (χ1n) is 7.85. The van der Waals surface area contributed by atoms with E-state index in [0.717, 1.165) is 31.4 Å². The Morgan fingerprint density at radius 3 is 1.93 bits per heavy atom. The maximum Gasteiger partial charge on any atom is 0.417 e. The van der Waals surface area contributed by atoms with Crippen molar-refractivity contribution in [3.63, 3.8) is 0 Å².